The van der Waals surface area contributed by atoms with Gasteiger partial charge in [-0.15, -0.1) is 0 Å². The Bertz CT molecular complexity index is 431. The minimum atomic E-state index is 0.518. The van der Waals surface area contributed by atoms with E-state index in [0.29, 0.717) is 5.92 Å². The Labute approximate surface area is 102 Å². The summed E-state index contributed by atoms with van der Waals surface area (Å²) in [5, 5.41) is 4.53. The van der Waals surface area contributed by atoms with Crippen molar-refractivity contribution >= 4 is 11.0 Å². The lowest BCUT2D eigenvalue weighted by Crippen LogP contribution is -2.23. The van der Waals surface area contributed by atoms with E-state index >= 15 is 0 Å². The Morgan fingerprint density at radius 3 is 2.94 bits per heavy atom. The van der Waals surface area contributed by atoms with Crippen molar-refractivity contribution in [1.29, 1.82) is 0 Å². The van der Waals surface area contributed by atoms with Crippen LogP contribution in [0.3, 0.4) is 0 Å². The van der Waals surface area contributed by atoms with Gasteiger partial charge in [0.25, 0.3) is 0 Å². The van der Waals surface area contributed by atoms with Gasteiger partial charge in [-0.25, -0.2) is 0 Å². The highest BCUT2D eigenvalue weighted by molar-refractivity contribution is 5.77. The molecule has 0 fully saturated rings. The first-order valence-electron chi connectivity index (χ1n) is 5.96. The second kappa shape index (κ2) is 5.84. The van der Waals surface area contributed by atoms with E-state index < -0.39 is 0 Å². The van der Waals surface area contributed by atoms with Crippen LogP contribution >= 0.6 is 0 Å². The summed E-state index contributed by atoms with van der Waals surface area (Å²) in [4.78, 5) is 0. The molecule has 0 aliphatic heterocycles. The minimum Gasteiger partial charge on any atom is -0.460 e. The lowest BCUT2D eigenvalue weighted by atomic mass is 10.2. The number of para-hydroxylation sites is 1. The van der Waals surface area contributed by atoms with E-state index in [-0.39, 0.29) is 0 Å². The summed E-state index contributed by atoms with van der Waals surface area (Å²) in [5.41, 5.74) is 0.953. The van der Waals surface area contributed by atoms with Crippen molar-refractivity contribution in [2.75, 3.05) is 20.3 Å². The van der Waals surface area contributed by atoms with Gasteiger partial charge in [0.2, 0.25) is 0 Å². The number of furan rings is 1. The van der Waals surface area contributed by atoms with Gasteiger partial charge in [0.15, 0.2) is 0 Å². The molecule has 1 aromatic carbocycles. The molecule has 1 atom stereocenters. The average Bonchev–Trinajstić information content (AvgIpc) is 2.71. The van der Waals surface area contributed by atoms with Crippen LogP contribution in [0.25, 0.3) is 11.0 Å². The maximum absolute atomic E-state index is 5.72. The van der Waals surface area contributed by atoms with E-state index in [4.69, 9.17) is 9.15 Å². The minimum absolute atomic E-state index is 0.518. The van der Waals surface area contributed by atoms with E-state index in [2.05, 4.69) is 24.4 Å². The fourth-order valence-corrected chi connectivity index (χ4v) is 1.91. The van der Waals surface area contributed by atoms with Crippen LogP contribution in [0.4, 0.5) is 0 Å². The largest absolute Gasteiger partial charge is 0.460 e. The van der Waals surface area contributed by atoms with E-state index in [9.17, 15) is 0 Å². The summed E-state index contributed by atoms with van der Waals surface area (Å²) >= 11 is 0. The molecule has 1 unspecified atom stereocenters. The van der Waals surface area contributed by atoms with Gasteiger partial charge >= 0.3 is 0 Å². The summed E-state index contributed by atoms with van der Waals surface area (Å²) in [6.07, 6.45) is 0. The number of nitrogens with one attached hydrogen (secondary N) is 1. The second-order valence-electron chi connectivity index (χ2n) is 4.44. The Hall–Kier alpha value is -1.32. The number of ether oxygens (including phenoxy) is 1. The zero-order valence-corrected chi connectivity index (χ0v) is 10.4. The molecule has 2 rings (SSSR count). The van der Waals surface area contributed by atoms with Crippen LogP contribution in [0.15, 0.2) is 34.7 Å². The summed E-state index contributed by atoms with van der Waals surface area (Å²) < 4.78 is 10.8. The first kappa shape index (κ1) is 12.1. The zero-order valence-electron chi connectivity index (χ0n) is 10.4. The van der Waals surface area contributed by atoms with Crippen LogP contribution in [0.1, 0.15) is 12.7 Å². The molecule has 0 bridgehead atoms. The van der Waals surface area contributed by atoms with Gasteiger partial charge in [0.1, 0.15) is 11.3 Å². The maximum Gasteiger partial charge on any atom is 0.134 e. The van der Waals surface area contributed by atoms with Gasteiger partial charge in [0, 0.05) is 25.6 Å². The molecule has 0 radical (unpaired) electrons. The lowest BCUT2D eigenvalue weighted by Gasteiger charge is -2.10. The molecule has 0 amide bonds. The topological polar surface area (TPSA) is 34.4 Å². The Balaban J connectivity index is 1.86. The second-order valence-corrected chi connectivity index (χ2v) is 4.44. The maximum atomic E-state index is 5.72. The highest BCUT2D eigenvalue weighted by atomic mass is 16.5. The number of hydrogen-bond donors (Lipinski definition) is 1. The number of benzene rings is 1. The van der Waals surface area contributed by atoms with Gasteiger partial charge in [-0.2, -0.15) is 0 Å². The Kier molecular flexibility index (Phi) is 4.18. The van der Waals surface area contributed by atoms with Crippen LogP contribution in [-0.2, 0) is 11.3 Å². The van der Waals surface area contributed by atoms with Crippen molar-refractivity contribution in [2.24, 2.45) is 5.92 Å². The molecule has 1 aromatic heterocycles. The molecule has 1 N–H and O–H groups in total. The van der Waals surface area contributed by atoms with Crippen LogP contribution in [0, 0.1) is 5.92 Å². The SMILES string of the molecule is COCC(C)CNCc1cc2ccccc2o1. The third-order valence-corrected chi connectivity index (χ3v) is 2.72. The summed E-state index contributed by atoms with van der Waals surface area (Å²) in [5.74, 6) is 1.50. The molecule has 2 aromatic rings. The molecular formula is C14H19NO2. The monoisotopic (exact) mass is 233 g/mol. The summed E-state index contributed by atoms with van der Waals surface area (Å²) in [7, 11) is 1.73. The normalized spacial score (nSPS) is 13.1. The molecule has 1 heterocycles. The van der Waals surface area contributed by atoms with Crippen LogP contribution < -0.4 is 5.32 Å². The van der Waals surface area contributed by atoms with Crippen molar-refractivity contribution in [3.63, 3.8) is 0 Å². The molecule has 3 nitrogen and oxygen atoms in total. The molecule has 17 heavy (non-hydrogen) atoms. The molecule has 0 saturated heterocycles. The molecule has 3 heteroatoms. The highest BCUT2D eigenvalue weighted by Gasteiger charge is 2.04. The van der Waals surface area contributed by atoms with E-state index in [0.717, 1.165) is 36.4 Å². The van der Waals surface area contributed by atoms with Gasteiger partial charge in [-0.05, 0) is 18.1 Å². The highest BCUT2D eigenvalue weighted by Crippen LogP contribution is 2.18. The fraction of sp³-hybridized carbons (Fsp3) is 0.429. The number of fused-ring (bicyclic) bond motifs is 1. The van der Waals surface area contributed by atoms with Gasteiger partial charge in [-0.1, -0.05) is 25.1 Å². The standard InChI is InChI=1S/C14H19NO2/c1-11(10-16-2)8-15-9-13-7-12-5-3-4-6-14(12)17-13/h3-7,11,15H,8-10H2,1-2H3. The molecule has 0 aliphatic carbocycles. The van der Waals surface area contributed by atoms with Crippen molar-refractivity contribution in [2.45, 2.75) is 13.5 Å². The van der Waals surface area contributed by atoms with Crippen molar-refractivity contribution in [3.8, 4) is 0 Å². The molecule has 0 aliphatic rings. The van der Waals surface area contributed by atoms with Crippen LogP contribution in [-0.4, -0.2) is 20.3 Å². The van der Waals surface area contributed by atoms with Crippen molar-refractivity contribution < 1.29 is 9.15 Å². The smallest absolute Gasteiger partial charge is 0.134 e. The van der Waals surface area contributed by atoms with Gasteiger partial charge in [-0.3, -0.25) is 0 Å². The predicted molar refractivity (Wildman–Crippen MR) is 69.0 cm³/mol. The first-order chi connectivity index (χ1) is 8.29. The third-order valence-electron chi connectivity index (χ3n) is 2.72. The van der Waals surface area contributed by atoms with Gasteiger partial charge in [0.05, 0.1) is 6.54 Å². The van der Waals surface area contributed by atoms with E-state index in [1.165, 1.54) is 0 Å². The van der Waals surface area contributed by atoms with E-state index in [1.54, 1.807) is 7.11 Å². The quantitative estimate of drug-likeness (QED) is 0.833. The third kappa shape index (κ3) is 3.32. The lowest BCUT2D eigenvalue weighted by molar-refractivity contribution is 0.158. The molecule has 0 saturated carbocycles. The molecular weight excluding hydrogens is 214 g/mol. The zero-order chi connectivity index (χ0) is 12.1. The average molecular weight is 233 g/mol. The Morgan fingerprint density at radius 1 is 1.35 bits per heavy atom. The summed E-state index contributed by atoms with van der Waals surface area (Å²) in [6.45, 7) is 4.65. The number of methoxy groups -OCH3 is 1. The number of hydrogen-bond acceptors (Lipinski definition) is 3. The van der Waals surface area contributed by atoms with E-state index in [1.807, 2.05) is 18.2 Å². The number of rotatable bonds is 6. The molecule has 92 valence electrons. The predicted octanol–water partition coefficient (Wildman–Crippen LogP) is 2.80. The van der Waals surface area contributed by atoms with Gasteiger partial charge < -0.3 is 14.5 Å². The fourth-order valence-electron chi connectivity index (χ4n) is 1.91. The summed E-state index contributed by atoms with van der Waals surface area (Å²) in [6, 6.07) is 10.2. The van der Waals surface area contributed by atoms with Crippen LogP contribution in [0.2, 0.25) is 0 Å². The van der Waals surface area contributed by atoms with Crippen LogP contribution in [0.5, 0.6) is 0 Å². The van der Waals surface area contributed by atoms with Crippen molar-refractivity contribution in [3.05, 3.63) is 36.1 Å². The Morgan fingerprint density at radius 2 is 2.18 bits per heavy atom. The molecule has 0 spiro atoms. The first-order valence-corrected chi connectivity index (χ1v) is 5.96. The van der Waals surface area contributed by atoms with Crippen molar-refractivity contribution in [1.82, 2.24) is 5.32 Å².